The van der Waals surface area contributed by atoms with Crippen LogP contribution in [0.15, 0.2) is 181 Å². The molecule has 0 spiro atoms. The van der Waals surface area contributed by atoms with Crippen LogP contribution in [0, 0.1) is 0 Å². The molecule has 10 aromatic rings. The van der Waals surface area contributed by atoms with E-state index in [1.54, 1.807) is 0 Å². The van der Waals surface area contributed by atoms with E-state index in [0.29, 0.717) is 6.67 Å². The van der Waals surface area contributed by atoms with Crippen LogP contribution >= 0.6 is 0 Å². The van der Waals surface area contributed by atoms with E-state index < -0.39 is 0 Å². The van der Waals surface area contributed by atoms with Crippen LogP contribution in [-0.4, -0.2) is 30.7 Å². The standard InChI is InChI=1S/C58H50N4OSe/c1-57(2,3)40-27-30-50-48(33-40)46-29-28-43(35-53(46)62(50)54-36-49(58(4,5)6)47-31-32-64-56(47)59-54)63-42-22-15-21-41(34-42)60-37-61(52-26-14-13-25-51(52)60)55-44(38-17-9-7-10-18-38)23-16-24-45(55)39-19-11-8-12-20-39/h7-36H,37H2,1-6H3. The van der Waals surface area contributed by atoms with E-state index in [1.165, 1.54) is 59.6 Å². The number of para-hydroxylation sites is 3. The fourth-order valence-corrected chi connectivity index (χ4v) is 11.1. The van der Waals surface area contributed by atoms with Crippen molar-refractivity contribution in [3.05, 3.63) is 192 Å². The Morgan fingerprint density at radius 1 is 0.516 bits per heavy atom. The van der Waals surface area contributed by atoms with Gasteiger partial charge in [-0.2, -0.15) is 0 Å². The van der Waals surface area contributed by atoms with Gasteiger partial charge in [0, 0.05) is 11.1 Å². The molecule has 0 fully saturated rings. The third-order valence-electron chi connectivity index (χ3n) is 12.7. The monoisotopic (exact) mass is 898 g/mol. The Hall–Kier alpha value is -6.85. The van der Waals surface area contributed by atoms with Gasteiger partial charge in [-0.3, -0.25) is 0 Å². The molecule has 0 saturated heterocycles. The molecule has 64 heavy (non-hydrogen) atoms. The average molecular weight is 898 g/mol. The quantitative estimate of drug-likeness (QED) is 0.149. The summed E-state index contributed by atoms with van der Waals surface area (Å²) in [4.78, 5) is 12.6. The summed E-state index contributed by atoms with van der Waals surface area (Å²) in [6, 6.07) is 63.5. The molecule has 1 aliphatic rings. The van der Waals surface area contributed by atoms with Gasteiger partial charge in [-0.1, -0.05) is 91.0 Å². The van der Waals surface area contributed by atoms with Crippen LogP contribution in [0.1, 0.15) is 52.7 Å². The maximum atomic E-state index is 6.88. The summed E-state index contributed by atoms with van der Waals surface area (Å²) in [7, 11) is 0. The molecular weight excluding hydrogens is 848 g/mol. The molecule has 0 unspecified atom stereocenters. The number of hydrogen-bond acceptors (Lipinski definition) is 4. The van der Waals surface area contributed by atoms with Crippen molar-refractivity contribution in [1.82, 2.24) is 9.55 Å². The topological polar surface area (TPSA) is 33.5 Å². The molecule has 4 heterocycles. The Bertz CT molecular complexity index is 3310. The number of aromatic nitrogens is 2. The van der Waals surface area contributed by atoms with E-state index in [-0.39, 0.29) is 25.3 Å². The zero-order chi connectivity index (χ0) is 43.7. The van der Waals surface area contributed by atoms with E-state index in [1.807, 2.05) is 0 Å². The van der Waals surface area contributed by atoms with Crippen LogP contribution in [-0.2, 0) is 10.8 Å². The summed E-state index contributed by atoms with van der Waals surface area (Å²) in [5.74, 6) is 2.51. The molecule has 1 aliphatic heterocycles. The number of hydrogen-bond donors (Lipinski definition) is 0. The molecule has 7 aromatic carbocycles. The van der Waals surface area contributed by atoms with Gasteiger partial charge in [0.05, 0.1) is 17.1 Å². The second-order valence-electron chi connectivity index (χ2n) is 18.9. The number of nitrogens with zero attached hydrogens (tertiary/aromatic N) is 4. The van der Waals surface area contributed by atoms with E-state index >= 15 is 0 Å². The van der Waals surface area contributed by atoms with Crippen LogP contribution in [0.3, 0.4) is 0 Å². The van der Waals surface area contributed by atoms with Crippen molar-refractivity contribution in [3.63, 3.8) is 0 Å². The molecule has 0 saturated carbocycles. The fourth-order valence-electron chi connectivity index (χ4n) is 9.46. The Kier molecular flexibility index (Phi) is 9.64. The molecule has 0 aliphatic carbocycles. The second kappa shape index (κ2) is 15.4. The molecule has 0 N–H and O–H groups in total. The molecule has 0 atom stereocenters. The number of rotatable bonds is 7. The third-order valence-corrected chi connectivity index (χ3v) is 14.3. The Morgan fingerprint density at radius 3 is 1.86 bits per heavy atom. The van der Waals surface area contributed by atoms with Crippen molar-refractivity contribution in [2.75, 3.05) is 16.5 Å². The molecule has 0 amide bonds. The van der Waals surface area contributed by atoms with Gasteiger partial charge in [0.1, 0.15) is 6.67 Å². The molecule has 5 nitrogen and oxygen atoms in total. The van der Waals surface area contributed by atoms with Crippen molar-refractivity contribution in [2.24, 2.45) is 0 Å². The summed E-state index contributed by atoms with van der Waals surface area (Å²) in [5, 5.41) is 3.70. The summed E-state index contributed by atoms with van der Waals surface area (Å²) in [5.41, 5.74) is 14.2. The zero-order valence-electron chi connectivity index (χ0n) is 37.1. The molecule has 0 bridgehead atoms. The number of pyridine rings is 1. The van der Waals surface area contributed by atoms with Crippen molar-refractivity contribution in [1.29, 1.82) is 0 Å². The molecular formula is C58H50N4OSe. The van der Waals surface area contributed by atoms with Crippen molar-refractivity contribution < 1.29 is 4.74 Å². The predicted octanol–water partition coefficient (Wildman–Crippen LogP) is 15.4. The van der Waals surface area contributed by atoms with Crippen LogP contribution in [0.5, 0.6) is 11.5 Å². The maximum absolute atomic E-state index is 6.88. The number of benzene rings is 7. The van der Waals surface area contributed by atoms with E-state index in [9.17, 15) is 0 Å². The van der Waals surface area contributed by atoms with Crippen molar-refractivity contribution >= 4 is 68.8 Å². The Morgan fingerprint density at radius 2 is 1.17 bits per heavy atom. The van der Waals surface area contributed by atoms with Gasteiger partial charge in [-0.05, 0) is 23.3 Å². The normalized spacial score (nSPS) is 13.0. The van der Waals surface area contributed by atoms with Gasteiger partial charge in [0.15, 0.2) is 0 Å². The van der Waals surface area contributed by atoms with E-state index in [0.717, 1.165) is 45.4 Å². The van der Waals surface area contributed by atoms with Gasteiger partial charge < -0.3 is 4.90 Å². The minimum atomic E-state index is -0.0354. The first-order valence-corrected chi connectivity index (χ1v) is 24.0. The summed E-state index contributed by atoms with van der Waals surface area (Å²) in [6.07, 6.45) is 0. The summed E-state index contributed by atoms with van der Waals surface area (Å²) in [6.45, 7) is 14.4. The Balaban J connectivity index is 0.999. The predicted molar refractivity (Wildman–Crippen MR) is 270 cm³/mol. The van der Waals surface area contributed by atoms with E-state index in [2.05, 4.69) is 237 Å². The fraction of sp³-hybridized carbons (Fsp3) is 0.155. The van der Waals surface area contributed by atoms with Crippen molar-refractivity contribution in [2.45, 2.75) is 52.4 Å². The summed E-state index contributed by atoms with van der Waals surface area (Å²) >= 11 is 0.200. The SMILES string of the molecule is CC(C)(C)c1ccc2c(c1)c1ccc(Oc3cccc(N4CN(c5c(-c6ccccc6)cccc5-c5ccccc5)c5ccccc54)c3)cc1n2-c1cc(C(C)(C)C)c2cc[se]c2n1. The van der Waals surface area contributed by atoms with E-state index in [4.69, 9.17) is 9.72 Å². The van der Waals surface area contributed by atoms with Crippen LogP contribution in [0.2, 0.25) is 0 Å². The molecule has 11 rings (SSSR count). The number of anilines is 4. The van der Waals surface area contributed by atoms with Gasteiger partial charge in [-0.25, -0.2) is 0 Å². The zero-order valence-corrected chi connectivity index (χ0v) is 38.8. The number of ether oxygens (including phenoxy) is 1. The van der Waals surface area contributed by atoms with Crippen LogP contribution in [0.4, 0.5) is 22.7 Å². The van der Waals surface area contributed by atoms with Crippen LogP contribution < -0.4 is 14.5 Å². The minimum absolute atomic E-state index is 0.0123. The first-order valence-electron chi connectivity index (χ1n) is 22.1. The van der Waals surface area contributed by atoms with Gasteiger partial charge in [0.2, 0.25) is 0 Å². The van der Waals surface area contributed by atoms with Crippen LogP contribution in [0.25, 0.3) is 59.7 Å². The molecule has 0 radical (unpaired) electrons. The van der Waals surface area contributed by atoms with Gasteiger partial charge >= 0.3 is 230 Å². The average Bonchev–Trinajstić information content (AvgIpc) is 4.02. The van der Waals surface area contributed by atoms with Gasteiger partial charge in [0.25, 0.3) is 0 Å². The number of fused-ring (bicyclic) bond motifs is 5. The van der Waals surface area contributed by atoms with Gasteiger partial charge in [-0.15, -0.1) is 0 Å². The Labute approximate surface area is 381 Å². The summed E-state index contributed by atoms with van der Waals surface area (Å²) < 4.78 is 10.4. The third kappa shape index (κ3) is 6.99. The van der Waals surface area contributed by atoms with Crippen molar-refractivity contribution in [3.8, 4) is 39.6 Å². The molecule has 6 heteroatoms. The first kappa shape index (κ1) is 40.0. The first-order chi connectivity index (χ1) is 31.0. The molecule has 314 valence electrons. The second-order valence-corrected chi connectivity index (χ2v) is 20.8. The molecule has 3 aromatic heterocycles.